The van der Waals surface area contributed by atoms with Crippen LogP contribution in [0.1, 0.15) is 25.3 Å². The molecule has 0 aliphatic carbocycles. The maximum Gasteiger partial charge on any atom is 0.241 e. The molecule has 0 aromatic heterocycles. The quantitative estimate of drug-likeness (QED) is 0.793. The highest BCUT2D eigenvalue weighted by atomic mass is 32.2. The lowest BCUT2D eigenvalue weighted by molar-refractivity contribution is -0.115. The molecule has 7 heteroatoms. The van der Waals surface area contributed by atoms with Gasteiger partial charge in [-0.1, -0.05) is 26.0 Å². The van der Waals surface area contributed by atoms with Crippen LogP contribution < -0.4 is 14.8 Å². The van der Waals surface area contributed by atoms with Gasteiger partial charge in [-0.3, -0.25) is 4.79 Å². The van der Waals surface area contributed by atoms with Gasteiger partial charge in [-0.25, -0.2) is 13.1 Å². The summed E-state index contributed by atoms with van der Waals surface area (Å²) in [6.45, 7) is 3.77. The monoisotopic (exact) mass is 362 g/mol. The van der Waals surface area contributed by atoms with Crippen molar-refractivity contribution in [3.63, 3.8) is 0 Å². The smallest absolute Gasteiger partial charge is 0.241 e. The molecule has 0 unspecified atom stereocenters. The maximum absolute atomic E-state index is 12.2. The number of benzene rings is 2. The molecule has 6 nitrogen and oxygen atoms in total. The molecule has 0 bridgehead atoms. The highest BCUT2D eigenvalue weighted by Crippen LogP contribution is 2.18. The standard InChI is InChI=1S/C18H22N2O4S/c1-13(2)14-5-4-6-15(11-14)20-18(21)12-19-25(22,23)17-9-7-16(24-3)8-10-17/h4-11,13,19H,12H2,1-3H3,(H,20,21). The van der Waals surface area contributed by atoms with Gasteiger partial charge >= 0.3 is 0 Å². The molecule has 2 aromatic rings. The molecule has 0 radical (unpaired) electrons. The molecule has 0 heterocycles. The van der Waals surface area contributed by atoms with Crippen molar-refractivity contribution in [1.82, 2.24) is 4.72 Å². The fourth-order valence-electron chi connectivity index (χ4n) is 2.18. The first kappa shape index (κ1) is 19.0. The second-order valence-corrected chi connectivity index (χ2v) is 7.60. The fraction of sp³-hybridized carbons (Fsp3) is 0.278. The second-order valence-electron chi connectivity index (χ2n) is 5.83. The van der Waals surface area contributed by atoms with Crippen LogP contribution in [0.3, 0.4) is 0 Å². The minimum absolute atomic E-state index is 0.0721. The Hall–Kier alpha value is -2.38. The topological polar surface area (TPSA) is 84.5 Å². The second kappa shape index (κ2) is 8.13. The Bertz CT molecular complexity index is 830. The van der Waals surface area contributed by atoms with Crippen molar-refractivity contribution >= 4 is 21.6 Å². The summed E-state index contributed by atoms with van der Waals surface area (Å²) in [6.07, 6.45) is 0. The van der Waals surface area contributed by atoms with Gasteiger partial charge < -0.3 is 10.1 Å². The SMILES string of the molecule is COc1ccc(S(=O)(=O)NCC(=O)Nc2cccc(C(C)C)c2)cc1. The largest absolute Gasteiger partial charge is 0.497 e. The van der Waals surface area contributed by atoms with Crippen molar-refractivity contribution in [1.29, 1.82) is 0 Å². The highest BCUT2D eigenvalue weighted by Gasteiger charge is 2.15. The van der Waals surface area contributed by atoms with Crippen molar-refractivity contribution in [2.75, 3.05) is 19.0 Å². The predicted molar refractivity (Wildman–Crippen MR) is 97.3 cm³/mol. The molecule has 2 aromatic carbocycles. The number of amides is 1. The Morgan fingerprint density at radius 2 is 1.80 bits per heavy atom. The molecule has 25 heavy (non-hydrogen) atoms. The van der Waals surface area contributed by atoms with Crippen LogP contribution in [0.4, 0.5) is 5.69 Å². The minimum Gasteiger partial charge on any atom is -0.497 e. The maximum atomic E-state index is 12.2. The number of rotatable bonds is 7. The van der Waals surface area contributed by atoms with Gasteiger partial charge in [-0.05, 0) is 47.9 Å². The van der Waals surface area contributed by atoms with E-state index in [1.54, 1.807) is 18.2 Å². The Kier molecular flexibility index (Phi) is 6.17. The molecule has 0 aliphatic heterocycles. The summed E-state index contributed by atoms with van der Waals surface area (Å²) in [5.41, 5.74) is 1.73. The van der Waals surface area contributed by atoms with Gasteiger partial charge in [0.2, 0.25) is 15.9 Å². The van der Waals surface area contributed by atoms with Crippen LogP contribution in [0.2, 0.25) is 0 Å². The van der Waals surface area contributed by atoms with E-state index in [0.29, 0.717) is 17.4 Å². The van der Waals surface area contributed by atoms with Crippen molar-refractivity contribution in [3.05, 3.63) is 54.1 Å². The number of hydrogen-bond donors (Lipinski definition) is 2. The van der Waals surface area contributed by atoms with E-state index in [4.69, 9.17) is 4.74 Å². The molecule has 0 saturated carbocycles. The van der Waals surface area contributed by atoms with E-state index < -0.39 is 15.9 Å². The van der Waals surface area contributed by atoms with Gasteiger partial charge in [-0.2, -0.15) is 0 Å². The Labute approximate surface area is 148 Å². The lowest BCUT2D eigenvalue weighted by Gasteiger charge is -2.10. The predicted octanol–water partition coefficient (Wildman–Crippen LogP) is 2.74. The van der Waals surface area contributed by atoms with Crippen molar-refractivity contribution in [2.24, 2.45) is 0 Å². The number of sulfonamides is 1. The molecule has 0 aliphatic rings. The van der Waals surface area contributed by atoms with Gasteiger partial charge in [0.05, 0.1) is 18.6 Å². The average Bonchev–Trinajstić information content (AvgIpc) is 2.60. The lowest BCUT2D eigenvalue weighted by Crippen LogP contribution is -2.32. The van der Waals surface area contributed by atoms with E-state index in [-0.39, 0.29) is 11.4 Å². The van der Waals surface area contributed by atoms with Crippen LogP contribution in [0.15, 0.2) is 53.4 Å². The van der Waals surface area contributed by atoms with Crippen molar-refractivity contribution in [2.45, 2.75) is 24.7 Å². The average molecular weight is 362 g/mol. The zero-order valence-electron chi connectivity index (χ0n) is 14.4. The van der Waals surface area contributed by atoms with Gasteiger partial charge in [0.15, 0.2) is 0 Å². The highest BCUT2D eigenvalue weighted by molar-refractivity contribution is 7.89. The number of methoxy groups -OCH3 is 1. The number of anilines is 1. The van der Waals surface area contributed by atoms with Gasteiger partial charge in [0, 0.05) is 5.69 Å². The van der Waals surface area contributed by atoms with E-state index in [1.807, 2.05) is 18.2 Å². The number of carbonyl (C=O) groups is 1. The van der Waals surface area contributed by atoms with E-state index in [0.717, 1.165) is 5.56 Å². The normalized spacial score (nSPS) is 11.4. The van der Waals surface area contributed by atoms with Crippen molar-refractivity contribution in [3.8, 4) is 5.75 Å². The molecule has 134 valence electrons. The summed E-state index contributed by atoms with van der Waals surface area (Å²) in [7, 11) is -2.26. The van der Waals surface area contributed by atoms with Crippen LogP contribution >= 0.6 is 0 Å². The number of hydrogen-bond acceptors (Lipinski definition) is 4. The van der Waals surface area contributed by atoms with Crippen LogP contribution in [0.25, 0.3) is 0 Å². The van der Waals surface area contributed by atoms with Gasteiger partial charge in [0.25, 0.3) is 0 Å². The van der Waals surface area contributed by atoms with E-state index in [1.165, 1.54) is 19.2 Å². The molecule has 2 N–H and O–H groups in total. The summed E-state index contributed by atoms with van der Waals surface area (Å²) in [5, 5.41) is 2.69. The van der Waals surface area contributed by atoms with Gasteiger partial charge in [-0.15, -0.1) is 0 Å². The molecule has 1 amide bonds. The molecule has 0 saturated heterocycles. The molecule has 0 spiro atoms. The lowest BCUT2D eigenvalue weighted by atomic mass is 10.0. The Morgan fingerprint density at radius 1 is 1.12 bits per heavy atom. The molecular weight excluding hydrogens is 340 g/mol. The summed E-state index contributed by atoms with van der Waals surface area (Å²) < 4.78 is 31.7. The first-order valence-electron chi connectivity index (χ1n) is 7.85. The zero-order chi connectivity index (χ0) is 18.4. The first-order valence-corrected chi connectivity index (χ1v) is 9.33. The van der Waals surface area contributed by atoms with Crippen LogP contribution in [0.5, 0.6) is 5.75 Å². The summed E-state index contributed by atoms with van der Waals surface area (Å²) >= 11 is 0. The fourth-order valence-corrected chi connectivity index (χ4v) is 3.16. The zero-order valence-corrected chi connectivity index (χ0v) is 15.3. The third-order valence-electron chi connectivity index (χ3n) is 3.63. The van der Waals surface area contributed by atoms with Crippen molar-refractivity contribution < 1.29 is 17.9 Å². The van der Waals surface area contributed by atoms with E-state index in [2.05, 4.69) is 23.9 Å². The number of ether oxygens (including phenoxy) is 1. The third kappa shape index (κ3) is 5.30. The van der Waals surface area contributed by atoms with Crippen LogP contribution in [-0.2, 0) is 14.8 Å². The first-order chi connectivity index (χ1) is 11.8. The Balaban J connectivity index is 1.97. The van der Waals surface area contributed by atoms with Gasteiger partial charge in [0.1, 0.15) is 5.75 Å². The van der Waals surface area contributed by atoms with Crippen LogP contribution in [0, 0.1) is 0 Å². The van der Waals surface area contributed by atoms with E-state index >= 15 is 0 Å². The molecule has 0 fully saturated rings. The summed E-state index contributed by atoms with van der Waals surface area (Å²) in [4.78, 5) is 12.1. The number of nitrogens with one attached hydrogen (secondary N) is 2. The molecular formula is C18H22N2O4S. The number of carbonyl (C=O) groups excluding carboxylic acids is 1. The minimum atomic E-state index is -3.76. The van der Waals surface area contributed by atoms with Crippen LogP contribution in [-0.4, -0.2) is 28.0 Å². The third-order valence-corrected chi connectivity index (χ3v) is 5.05. The molecule has 2 rings (SSSR count). The van der Waals surface area contributed by atoms with E-state index in [9.17, 15) is 13.2 Å². The Morgan fingerprint density at radius 3 is 2.40 bits per heavy atom. The molecule has 0 atom stereocenters. The summed E-state index contributed by atoms with van der Waals surface area (Å²) in [5.74, 6) is 0.463. The summed E-state index contributed by atoms with van der Waals surface area (Å²) in [6, 6.07) is 13.4.